The van der Waals surface area contributed by atoms with Crippen LogP contribution >= 0.6 is 0 Å². The smallest absolute Gasteiger partial charge is 0.240 e. The Kier molecular flexibility index (Phi) is 6.37. The van der Waals surface area contributed by atoms with Crippen LogP contribution in [0.5, 0.6) is 0 Å². The highest BCUT2D eigenvalue weighted by Crippen LogP contribution is 2.11. The molecule has 0 aliphatic heterocycles. The molecule has 116 valence electrons. The molecule has 0 fully saturated rings. The van der Waals surface area contributed by atoms with Crippen molar-refractivity contribution in [2.24, 2.45) is 17.4 Å². The largest absolute Gasteiger partial charge is 0.368 e. The van der Waals surface area contributed by atoms with Crippen LogP contribution in [-0.2, 0) is 16.0 Å². The number of amides is 2. The van der Waals surface area contributed by atoms with Gasteiger partial charge in [0.1, 0.15) is 6.04 Å². The lowest BCUT2D eigenvalue weighted by Crippen LogP contribution is -2.52. The Bertz CT molecular complexity index is 474. The van der Waals surface area contributed by atoms with Crippen LogP contribution in [0.4, 0.5) is 0 Å². The van der Waals surface area contributed by atoms with Gasteiger partial charge in [0.15, 0.2) is 0 Å². The molecule has 0 aliphatic carbocycles. The van der Waals surface area contributed by atoms with Crippen LogP contribution in [-0.4, -0.2) is 35.8 Å². The van der Waals surface area contributed by atoms with Crippen LogP contribution in [0.1, 0.15) is 25.8 Å². The molecule has 0 radical (unpaired) electrons. The summed E-state index contributed by atoms with van der Waals surface area (Å²) < 4.78 is 0. The molecule has 0 unspecified atom stereocenters. The number of likely N-dealkylation sites (N-methyl/N-ethyl adjacent to an activating group) is 1. The van der Waals surface area contributed by atoms with Crippen molar-refractivity contribution in [3.63, 3.8) is 0 Å². The van der Waals surface area contributed by atoms with E-state index in [2.05, 4.69) is 0 Å². The van der Waals surface area contributed by atoms with Crippen LogP contribution in [0, 0.1) is 5.92 Å². The van der Waals surface area contributed by atoms with Gasteiger partial charge < -0.3 is 16.4 Å². The minimum atomic E-state index is -0.682. The lowest BCUT2D eigenvalue weighted by Gasteiger charge is -2.28. The van der Waals surface area contributed by atoms with Gasteiger partial charge in [0.05, 0.1) is 6.04 Å². The monoisotopic (exact) mass is 291 g/mol. The minimum Gasteiger partial charge on any atom is -0.368 e. The van der Waals surface area contributed by atoms with E-state index < -0.39 is 18.0 Å². The van der Waals surface area contributed by atoms with E-state index in [4.69, 9.17) is 11.5 Å². The first-order valence-corrected chi connectivity index (χ1v) is 7.18. The van der Waals surface area contributed by atoms with E-state index >= 15 is 0 Å². The second-order valence-corrected chi connectivity index (χ2v) is 5.79. The standard InChI is InChI=1S/C16H25N3O2/c1-11(2)9-13(17)16(21)19(3)14(15(18)20)10-12-7-5-4-6-8-12/h4-8,11,13-14H,9-10,17H2,1-3H3,(H2,18,20)/t13-,14-/m0/s1. The fourth-order valence-corrected chi connectivity index (χ4v) is 2.29. The lowest BCUT2D eigenvalue weighted by atomic mass is 10.0. The summed E-state index contributed by atoms with van der Waals surface area (Å²) in [5.74, 6) is -0.451. The maximum atomic E-state index is 12.3. The van der Waals surface area contributed by atoms with Crippen molar-refractivity contribution in [2.45, 2.75) is 38.8 Å². The Morgan fingerprint density at radius 1 is 1.19 bits per heavy atom. The van der Waals surface area contributed by atoms with Crippen LogP contribution in [0.25, 0.3) is 0 Å². The molecule has 0 aromatic heterocycles. The van der Waals surface area contributed by atoms with Crippen LogP contribution in [0.2, 0.25) is 0 Å². The summed E-state index contributed by atoms with van der Waals surface area (Å²) in [6, 6.07) is 8.20. The third kappa shape index (κ3) is 5.19. The molecule has 0 aliphatic rings. The molecule has 1 aromatic carbocycles. The second-order valence-electron chi connectivity index (χ2n) is 5.79. The molecular weight excluding hydrogens is 266 g/mol. The SMILES string of the molecule is CC(C)C[C@H](N)C(=O)N(C)[C@@H](Cc1ccccc1)C(N)=O. The van der Waals surface area contributed by atoms with Gasteiger partial charge in [-0.1, -0.05) is 44.2 Å². The molecule has 5 heteroatoms. The van der Waals surface area contributed by atoms with E-state index in [1.54, 1.807) is 7.05 Å². The maximum Gasteiger partial charge on any atom is 0.240 e. The number of hydrogen-bond donors (Lipinski definition) is 2. The first kappa shape index (κ1) is 17.2. The van der Waals surface area contributed by atoms with Gasteiger partial charge in [0.2, 0.25) is 11.8 Å². The molecule has 0 spiro atoms. The number of carbonyl (C=O) groups excluding carboxylic acids is 2. The summed E-state index contributed by atoms with van der Waals surface area (Å²) in [6.45, 7) is 4.01. The second kappa shape index (κ2) is 7.78. The molecule has 4 N–H and O–H groups in total. The Morgan fingerprint density at radius 2 is 1.76 bits per heavy atom. The summed E-state index contributed by atoms with van der Waals surface area (Å²) >= 11 is 0. The molecule has 2 atom stereocenters. The number of nitrogens with two attached hydrogens (primary N) is 2. The van der Waals surface area contributed by atoms with E-state index in [9.17, 15) is 9.59 Å². The Balaban J connectivity index is 2.80. The van der Waals surface area contributed by atoms with E-state index in [0.29, 0.717) is 18.8 Å². The van der Waals surface area contributed by atoms with E-state index in [1.165, 1.54) is 4.90 Å². The fraction of sp³-hybridized carbons (Fsp3) is 0.500. The van der Waals surface area contributed by atoms with Crippen LogP contribution < -0.4 is 11.5 Å². The van der Waals surface area contributed by atoms with Gasteiger partial charge in [0, 0.05) is 13.5 Å². The highest BCUT2D eigenvalue weighted by Gasteiger charge is 2.28. The number of carbonyl (C=O) groups is 2. The van der Waals surface area contributed by atoms with Crippen molar-refractivity contribution >= 4 is 11.8 Å². The molecule has 5 nitrogen and oxygen atoms in total. The van der Waals surface area contributed by atoms with Gasteiger partial charge in [-0.05, 0) is 17.9 Å². The third-order valence-corrected chi connectivity index (χ3v) is 3.46. The number of rotatable bonds is 7. The van der Waals surface area contributed by atoms with E-state index in [0.717, 1.165) is 5.56 Å². The van der Waals surface area contributed by atoms with Gasteiger partial charge in [-0.3, -0.25) is 9.59 Å². The summed E-state index contributed by atoms with van der Waals surface area (Å²) in [5, 5.41) is 0. The van der Waals surface area contributed by atoms with Gasteiger partial charge in [-0.15, -0.1) is 0 Å². The predicted octanol–water partition coefficient (Wildman–Crippen LogP) is 0.915. The van der Waals surface area contributed by atoms with Crippen LogP contribution in [0.15, 0.2) is 30.3 Å². The summed E-state index contributed by atoms with van der Waals surface area (Å²) in [7, 11) is 1.58. The highest BCUT2D eigenvalue weighted by molar-refractivity contribution is 5.89. The zero-order chi connectivity index (χ0) is 16.0. The first-order chi connectivity index (χ1) is 9.82. The van der Waals surface area contributed by atoms with Crippen molar-refractivity contribution in [2.75, 3.05) is 7.05 Å². The molecule has 21 heavy (non-hydrogen) atoms. The molecule has 0 bridgehead atoms. The Morgan fingerprint density at radius 3 is 2.24 bits per heavy atom. The number of hydrogen-bond acceptors (Lipinski definition) is 3. The van der Waals surface area contributed by atoms with Crippen molar-refractivity contribution < 1.29 is 9.59 Å². The molecule has 0 saturated heterocycles. The van der Waals surface area contributed by atoms with Crippen molar-refractivity contribution in [1.29, 1.82) is 0 Å². The van der Waals surface area contributed by atoms with E-state index in [1.807, 2.05) is 44.2 Å². The number of benzene rings is 1. The summed E-state index contributed by atoms with van der Waals surface area (Å²) in [5.41, 5.74) is 12.3. The maximum absolute atomic E-state index is 12.3. The van der Waals surface area contributed by atoms with Gasteiger partial charge in [0.25, 0.3) is 0 Å². The van der Waals surface area contributed by atoms with Crippen molar-refractivity contribution in [3.05, 3.63) is 35.9 Å². The van der Waals surface area contributed by atoms with Gasteiger partial charge in [-0.25, -0.2) is 0 Å². The lowest BCUT2D eigenvalue weighted by molar-refractivity contribution is -0.139. The predicted molar refractivity (Wildman–Crippen MR) is 83.3 cm³/mol. The molecule has 0 saturated carbocycles. The number of nitrogens with zero attached hydrogens (tertiary/aromatic N) is 1. The number of primary amides is 1. The molecule has 2 amide bonds. The molecule has 1 aromatic rings. The zero-order valence-corrected chi connectivity index (χ0v) is 13.0. The molecule has 1 rings (SSSR count). The highest BCUT2D eigenvalue weighted by atomic mass is 16.2. The van der Waals surface area contributed by atoms with Crippen molar-refractivity contribution in [1.82, 2.24) is 4.90 Å². The fourth-order valence-electron chi connectivity index (χ4n) is 2.29. The molecular formula is C16H25N3O2. The topological polar surface area (TPSA) is 89.4 Å². The average Bonchev–Trinajstić information content (AvgIpc) is 2.43. The normalized spacial score (nSPS) is 13.8. The van der Waals surface area contributed by atoms with Crippen molar-refractivity contribution in [3.8, 4) is 0 Å². The Hall–Kier alpha value is -1.88. The molecule has 0 heterocycles. The van der Waals surface area contributed by atoms with E-state index in [-0.39, 0.29) is 5.91 Å². The third-order valence-electron chi connectivity index (χ3n) is 3.46. The first-order valence-electron chi connectivity index (χ1n) is 7.18. The Labute approximate surface area is 126 Å². The average molecular weight is 291 g/mol. The minimum absolute atomic E-state index is 0.247. The summed E-state index contributed by atoms with van der Waals surface area (Å²) in [6.07, 6.45) is 0.979. The van der Waals surface area contributed by atoms with Crippen LogP contribution in [0.3, 0.4) is 0 Å². The van der Waals surface area contributed by atoms with Gasteiger partial charge >= 0.3 is 0 Å². The summed E-state index contributed by atoms with van der Waals surface area (Å²) in [4.78, 5) is 25.4. The van der Waals surface area contributed by atoms with Gasteiger partial charge in [-0.2, -0.15) is 0 Å². The quantitative estimate of drug-likeness (QED) is 0.782. The zero-order valence-electron chi connectivity index (χ0n) is 13.0.